The molecule has 2 aromatic carbocycles. The topological polar surface area (TPSA) is 114 Å². The first-order valence-electron chi connectivity index (χ1n) is 13.0. The summed E-state index contributed by atoms with van der Waals surface area (Å²) in [6.07, 6.45) is 8.66. The van der Waals surface area contributed by atoms with Crippen molar-refractivity contribution < 1.29 is 14.7 Å². The van der Waals surface area contributed by atoms with Gasteiger partial charge in [0.05, 0.1) is 31.2 Å². The van der Waals surface area contributed by atoms with E-state index in [0.717, 1.165) is 48.2 Å². The van der Waals surface area contributed by atoms with Gasteiger partial charge in [-0.05, 0) is 42.5 Å². The second-order valence-electron chi connectivity index (χ2n) is 9.99. The van der Waals surface area contributed by atoms with Crippen molar-refractivity contribution in [3.63, 3.8) is 0 Å². The maximum absolute atomic E-state index is 12.7. The minimum atomic E-state index is -0.940. The van der Waals surface area contributed by atoms with E-state index in [4.69, 9.17) is 0 Å². The molecule has 1 aliphatic heterocycles. The summed E-state index contributed by atoms with van der Waals surface area (Å²) in [6.45, 7) is 1.32. The van der Waals surface area contributed by atoms with Gasteiger partial charge in [-0.1, -0.05) is 55.7 Å². The largest absolute Gasteiger partial charge is 0.465 e. The third-order valence-electron chi connectivity index (χ3n) is 7.31. The highest BCUT2D eigenvalue weighted by molar-refractivity contribution is 5.90. The lowest BCUT2D eigenvalue weighted by atomic mass is 9.96. The molecule has 9 nitrogen and oxygen atoms in total. The van der Waals surface area contributed by atoms with E-state index in [0.29, 0.717) is 25.2 Å². The van der Waals surface area contributed by atoms with Crippen LogP contribution in [0.25, 0.3) is 0 Å². The second-order valence-corrected chi connectivity index (χ2v) is 9.99. The van der Waals surface area contributed by atoms with Crippen molar-refractivity contribution in [2.75, 3.05) is 16.8 Å². The van der Waals surface area contributed by atoms with Crippen LogP contribution in [-0.4, -0.2) is 50.7 Å². The highest BCUT2D eigenvalue weighted by Gasteiger charge is 2.31. The highest BCUT2D eigenvalue weighted by Crippen LogP contribution is 2.32. The van der Waals surface area contributed by atoms with E-state index in [2.05, 4.69) is 25.5 Å². The van der Waals surface area contributed by atoms with Crippen LogP contribution < -0.4 is 15.5 Å². The van der Waals surface area contributed by atoms with Gasteiger partial charge in [0.2, 0.25) is 0 Å². The Morgan fingerprint density at radius 2 is 1.89 bits per heavy atom. The number of fused-ring (bicyclic) bond motifs is 1. The fraction of sp³-hybridized carbons (Fsp3) is 0.393. The normalized spacial score (nSPS) is 18.1. The zero-order valence-corrected chi connectivity index (χ0v) is 20.9. The summed E-state index contributed by atoms with van der Waals surface area (Å²) in [5.41, 5.74) is 4.52. The van der Waals surface area contributed by atoms with Crippen molar-refractivity contribution in [1.82, 2.24) is 20.2 Å². The number of carbonyl (C=O) groups excluding carboxylic acids is 1. The Balaban J connectivity index is 1.41. The third kappa shape index (κ3) is 6.22. The SMILES string of the molecule is O=C(Nc1ccc2c(c1)N(Cc1cnc[nH]1)CC(Cc1ccccc1)N(C(=O)O)C2)NC1CCCCC1. The minimum Gasteiger partial charge on any atom is -0.465 e. The fourth-order valence-electron chi connectivity index (χ4n) is 5.44. The average Bonchev–Trinajstić information content (AvgIpc) is 3.36. The maximum Gasteiger partial charge on any atom is 0.407 e. The number of aromatic nitrogens is 2. The Labute approximate surface area is 216 Å². The summed E-state index contributed by atoms with van der Waals surface area (Å²) in [5.74, 6) is 0. The van der Waals surface area contributed by atoms with Crippen LogP contribution in [0.1, 0.15) is 48.9 Å². The van der Waals surface area contributed by atoms with Crippen LogP contribution in [-0.2, 0) is 19.5 Å². The number of nitrogens with zero attached hydrogens (tertiary/aromatic N) is 3. The standard InChI is InChI=1S/C28H34N6O3/c35-27(31-22-9-5-2-6-10-22)32-23-12-11-21-16-34(28(36)37)25(13-20-7-3-1-4-8-20)18-33(26(21)14-23)17-24-15-29-19-30-24/h1,3-4,7-8,11-12,14-15,19,22,25H,2,5-6,9-10,13,16-18H2,(H,29,30)(H,36,37)(H2,31,32,35). The predicted molar refractivity (Wildman–Crippen MR) is 143 cm³/mol. The molecular weight excluding hydrogens is 468 g/mol. The number of imidazole rings is 1. The Morgan fingerprint density at radius 3 is 2.62 bits per heavy atom. The summed E-state index contributed by atoms with van der Waals surface area (Å²) < 4.78 is 0. The lowest BCUT2D eigenvalue weighted by Crippen LogP contribution is -2.45. The molecule has 9 heteroatoms. The average molecular weight is 503 g/mol. The number of H-pyrrole nitrogens is 1. The minimum absolute atomic E-state index is 0.199. The quantitative estimate of drug-likeness (QED) is 0.380. The number of hydrogen-bond acceptors (Lipinski definition) is 4. The molecule has 1 atom stereocenters. The van der Waals surface area contributed by atoms with Gasteiger partial charge in [-0.25, -0.2) is 14.6 Å². The van der Waals surface area contributed by atoms with Gasteiger partial charge in [0, 0.05) is 30.2 Å². The van der Waals surface area contributed by atoms with Crippen LogP contribution in [0.5, 0.6) is 0 Å². The Morgan fingerprint density at radius 1 is 1.08 bits per heavy atom. The van der Waals surface area contributed by atoms with Crippen LogP contribution in [0.3, 0.4) is 0 Å². The molecule has 0 radical (unpaired) electrons. The van der Waals surface area contributed by atoms with Crippen molar-refractivity contribution in [3.8, 4) is 0 Å². The molecule has 1 unspecified atom stereocenters. The van der Waals surface area contributed by atoms with Gasteiger partial charge in [-0.3, -0.25) is 4.90 Å². The number of hydrogen-bond donors (Lipinski definition) is 4. The molecule has 37 heavy (non-hydrogen) atoms. The van der Waals surface area contributed by atoms with E-state index in [1.165, 1.54) is 11.3 Å². The van der Waals surface area contributed by atoms with E-state index in [1.54, 1.807) is 12.5 Å². The summed E-state index contributed by atoms with van der Waals surface area (Å²) >= 11 is 0. The molecule has 5 rings (SSSR count). The lowest BCUT2D eigenvalue weighted by Gasteiger charge is -2.31. The van der Waals surface area contributed by atoms with E-state index in [1.807, 2.05) is 48.5 Å². The molecule has 3 aromatic rings. The summed E-state index contributed by atoms with van der Waals surface area (Å²) in [4.78, 5) is 36.1. The molecule has 0 saturated heterocycles. The molecule has 2 heterocycles. The third-order valence-corrected chi connectivity index (χ3v) is 7.31. The molecule has 194 valence electrons. The summed E-state index contributed by atoms with van der Waals surface area (Å²) in [6, 6.07) is 15.5. The van der Waals surface area contributed by atoms with E-state index < -0.39 is 6.09 Å². The zero-order valence-electron chi connectivity index (χ0n) is 20.9. The lowest BCUT2D eigenvalue weighted by molar-refractivity contribution is 0.123. The van der Waals surface area contributed by atoms with Crippen molar-refractivity contribution in [2.24, 2.45) is 0 Å². The number of urea groups is 1. The summed E-state index contributed by atoms with van der Waals surface area (Å²) in [5, 5.41) is 16.2. The molecule has 1 saturated carbocycles. The van der Waals surface area contributed by atoms with E-state index >= 15 is 0 Å². The van der Waals surface area contributed by atoms with E-state index in [9.17, 15) is 14.7 Å². The Bertz CT molecular complexity index is 1190. The van der Waals surface area contributed by atoms with Crippen LogP contribution in [0.4, 0.5) is 21.0 Å². The number of benzene rings is 2. The Hall–Kier alpha value is -4.01. The van der Waals surface area contributed by atoms with Crippen molar-refractivity contribution in [1.29, 1.82) is 0 Å². The molecule has 3 amide bonds. The van der Waals surface area contributed by atoms with Crippen LogP contribution in [0, 0.1) is 0 Å². The van der Waals surface area contributed by atoms with Crippen molar-refractivity contribution in [3.05, 3.63) is 77.9 Å². The smallest absolute Gasteiger partial charge is 0.407 e. The number of carbonyl (C=O) groups is 2. The summed E-state index contributed by atoms with van der Waals surface area (Å²) in [7, 11) is 0. The molecular formula is C28H34N6O3. The highest BCUT2D eigenvalue weighted by atomic mass is 16.4. The molecule has 1 fully saturated rings. The first-order chi connectivity index (χ1) is 18.0. The van der Waals surface area contributed by atoms with Gasteiger partial charge in [-0.15, -0.1) is 0 Å². The molecule has 4 N–H and O–H groups in total. The van der Waals surface area contributed by atoms with Gasteiger partial charge in [0.25, 0.3) is 0 Å². The number of carboxylic acid groups (broad SMARTS) is 1. The zero-order chi connectivity index (χ0) is 25.6. The number of aromatic amines is 1. The van der Waals surface area contributed by atoms with Gasteiger partial charge in [0.1, 0.15) is 0 Å². The molecule has 2 aliphatic rings. The van der Waals surface area contributed by atoms with Crippen LogP contribution in [0.2, 0.25) is 0 Å². The number of nitrogens with one attached hydrogen (secondary N) is 3. The van der Waals surface area contributed by atoms with Gasteiger partial charge < -0.3 is 25.6 Å². The number of amides is 3. The molecule has 0 bridgehead atoms. The monoisotopic (exact) mass is 502 g/mol. The van der Waals surface area contributed by atoms with Gasteiger partial charge in [-0.2, -0.15) is 0 Å². The first-order valence-corrected chi connectivity index (χ1v) is 13.0. The number of rotatable bonds is 6. The van der Waals surface area contributed by atoms with E-state index in [-0.39, 0.29) is 24.7 Å². The molecule has 0 spiro atoms. The fourth-order valence-corrected chi connectivity index (χ4v) is 5.44. The first kappa shape index (κ1) is 24.7. The Kier molecular flexibility index (Phi) is 7.58. The van der Waals surface area contributed by atoms with Gasteiger partial charge >= 0.3 is 12.1 Å². The molecule has 1 aromatic heterocycles. The maximum atomic E-state index is 12.7. The van der Waals surface area contributed by atoms with Crippen LogP contribution in [0.15, 0.2) is 61.1 Å². The number of anilines is 2. The second kappa shape index (κ2) is 11.4. The van der Waals surface area contributed by atoms with Crippen LogP contribution >= 0.6 is 0 Å². The van der Waals surface area contributed by atoms with Gasteiger partial charge in [0.15, 0.2) is 0 Å². The van der Waals surface area contributed by atoms with Crippen molar-refractivity contribution in [2.45, 2.75) is 63.7 Å². The predicted octanol–water partition coefficient (Wildman–Crippen LogP) is 4.98. The van der Waals surface area contributed by atoms with Crippen molar-refractivity contribution >= 4 is 23.5 Å². The molecule has 1 aliphatic carbocycles.